The van der Waals surface area contributed by atoms with E-state index in [2.05, 4.69) is 27.1 Å². The molecule has 3 aromatic rings. The summed E-state index contributed by atoms with van der Waals surface area (Å²) < 4.78 is 0. The SMILES string of the molecule is Cc1ncc2c(n1)NC(=O)C2=Cc1ccc(C#Cc2ccccc2)s1. The molecule has 1 aliphatic heterocycles. The Labute approximate surface area is 149 Å². The summed E-state index contributed by atoms with van der Waals surface area (Å²) in [6, 6.07) is 13.8. The number of fused-ring (bicyclic) bond motifs is 1. The van der Waals surface area contributed by atoms with Crippen LogP contribution in [0.15, 0.2) is 48.7 Å². The van der Waals surface area contributed by atoms with Gasteiger partial charge in [-0.1, -0.05) is 30.0 Å². The molecule has 0 aliphatic carbocycles. The Morgan fingerprint density at radius 3 is 2.80 bits per heavy atom. The molecule has 0 radical (unpaired) electrons. The Bertz CT molecular complexity index is 1060. The van der Waals surface area contributed by atoms with E-state index in [1.807, 2.05) is 48.5 Å². The van der Waals surface area contributed by atoms with Gasteiger partial charge in [-0.15, -0.1) is 11.3 Å². The number of aromatic nitrogens is 2. The van der Waals surface area contributed by atoms with Crippen molar-refractivity contribution in [2.75, 3.05) is 5.32 Å². The number of aryl methyl sites for hydroxylation is 1. The molecular formula is C20H13N3OS. The van der Waals surface area contributed by atoms with Crippen molar-refractivity contribution in [3.05, 3.63) is 75.4 Å². The van der Waals surface area contributed by atoms with Crippen molar-refractivity contribution in [3.8, 4) is 11.8 Å². The van der Waals surface area contributed by atoms with Crippen LogP contribution in [-0.4, -0.2) is 15.9 Å². The van der Waals surface area contributed by atoms with Gasteiger partial charge in [0, 0.05) is 22.2 Å². The quantitative estimate of drug-likeness (QED) is 0.541. The van der Waals surface area contributed by atoms with E-state index >= 15 is 0 Å². The lowest BCUT2D eigenvalue weighted by molar-refractivity contribution is -0.110. The topological polar surface area (TPSA) is 54.9 Å². The van der Waals surface area contributed by atoms with Crippen molar-refractivity contribution >= 4 is 34.7 Å². The van der Waals surface area contributed by atoms with Crippen molar-refractivity contribution in [2.45, 2.75) is 6.92 Å². The molecule has 0 atom stereocenters. The summed E-state index contributed by atoms with van der Waals surface area (Å²) in [4.78, 5) is 22.6. The highest BCUT2D eigenvalue weighted by molar-refractivity contribution is 7.13. The molecule has 1 amide bonds. The van der Waals surface area contributed by atoms with Gasteiger partial charge in [-0.05, 0) is 37.3 Å². The second kappa shape index (κ2) is 6.34. The molecule has 3 heterocycles. The van der Waals surface area contributed by atoms with Crippen molar-refractivity contribution in [1.82, 2.24) is 9.97 Å². The summed E-state index contributed by atoms with van der Waals surface area (Å²) in [6.45, 7) is 1.80. The van der Waals surface area contributed by atoms with Gasteiger partial charge in [0.15, 0.2) is 0 Å². The van der Waals surface area contributed by atoms with E-state index < -0.39 is 0 Å². The zero-order valence-corrected chi connectivity index (χ0v) is 14.2. The number of nitrogens with one attached hydrogen (secondary N) is 1. The average Bonchev–Trinajstić information content (AvgIpc) is 3.18. The van der Waals surface area contributed by atoms with Gasteiger partial charge in [0.05, 0.1) is 10.5 Å². The molecule has 4 nitrogen and oxygen atoms in total. The van der Waals surface area contributed by atoms with Crippen LogP contribution in [0.4, 0.5) is 5.82 Å². The van der Waals surface area contributed by atoms with Gasteiger partial charge in [0.2, 0.25) is 0 Å². The van der Waals surface area contributed by atoms with Gasteiger partial charge in [-0.25, -0.2) is 9.97 Å². The van der Waals surface area contributed by atoms with Gasteiger partial charge >= 0.3 is 0 Å². The van der Waals surface area contributed by atoms with Crippen molar-refractivity contribution in [2.24, 2.45) is 0 Å². The predicted molar refractivity (Wildman–Crippen MR) is 100 cm³/mol. The maximum absolute atomic E-state index is 12.2. The van der Waals surface area contributed by atoms with Gasteiger partial charge in [0.1, 0.15) is 11.6 Å². The van der Waals surface area contributed by atoms with Crippen LogP contribution in [0.5, 0.6) is 0 Å². The Kier molecular flexibility index (Phi) is 3.88. The molecule has 120 valence electrons. The van der Waals surface area contributed by atoms with Gasteiger partial charge in [0.25, 0.3) is 5.91 Å². The highest BCUT2D eigenvalue weighted by Crippen LogP contribution is 2.32. The predicted octanol–water partition coefficient (Wildman–Crippen LogP) is 3.74. The molecule has 0 saturated carbocycles. The fourth-order valence-electron chi connectivity index (χ4n) is 2.50. The fraction of sp³-hybridized carbons (Fsp3) is 0.0500. The third-order valence-corrected chi connectivity index (χ3v) is 4.64. The van der Waals surface area contributed by atoms with Crippen molar-refractivity contribution in [3.63, 3.8) is 0 Å². The van der Waals surface area contributed by atoms with Crippen LogP contribution in [0.3, 0.4) is 0 Å². The smallest absolute Gasteiger partial charge is 0.257 e. The van der Waals surface area contributed by atoms with E-state index in [1.54, 1.807) is 24.5 Å². The molecule has 0 unspecified atom stereocenters. The van der Waals surface area contributed by atoms with Gasteiger partial charge in [-0.3, -0.25) is 4.79 Å². The maximum atomic E-state index is 12.2. The molecule has 0 fully saturated rings. The first-order valence-corrected chi connectivity index (χ1v) is 8.55. The number of amides is 1. The molecule has 25 heavy (non-hydrogen) atoms. The normalized spacial score (nSPS) is 14.0. The number of thiophene rings is 1. The minimum Gasteiger partial charge on any atom is -0.306 e. The lowest BCUT2D eigenvalue weighted by Crippen LogP contribution is -2.04. The Balaban J connectivity index is 1.63. The van der Waals surface area contributed by atoms with E-state index in [4.69, 9.17) is 0 Å². The Morgan fingerprint density at radius 2 is 1.96 bits per heavy atom. The standard InChI is InChI=1S/C20H13N3OS/c1-13-21-12-18-17(20(24)23-19(18)22-13)11-16-10-9-15(25-16)8-7-14-5-3-2-4-6-14/h2-6,9-12H,1H3,(H,21,22,23,24). The highest BCUT2D eigenvalue weighted by Gasteiger charge is 2.26. The van der Waals surface area contributed by atoms with E-state index in [1.165, 1.54) is 0 Å². The Morgan fingerprint density at radius 1 is 1.12 bits per heavy atom. The summed E-state index contributed by atoms with van der Waals surface area (Å²) in [5.74, 6) is 7.35. The molecule has 0 spiro atoms. The molecule has 5 heteroatoms. The minimum absolute atomic E-state index is 0.153. The lowest BCUT2D eigenvalue weighted by Gasteiger charge is -1.97. The van der Waals surface area contributed by atoms with E-state index in [9.17, 15) is 4.79 Å². The zero-order valence-electron chi connectivity index (χ0n) is 13.4. The number of rotatable bonds is 1. The largest absolute Gasteiger partial charge is 0.306 e. The van der Waals surface area contributed by atoms with E-state index in [-0.39, 0.29) is 5.91 Å². The summed E-state index contributed by atoms with van der Waals surface area (Å²) in [5, 5.41) is 2.78. The van der Waals surface area contributed by atoms with Crippen LogP contribution in [0, 0.1) is 18.8 Å². The first-order chi connectivity index (χ1) is 12.2. The number of hydrogen-bond acceptors (Lipinski definition) is 4. The first kappa shape index (κ1) is 15.3. The van der Waals surface area contributed by atoms with Gasteiger partial charge in [-0.2, -0.15) is 0 Å². The summed E-state index contributed by atoms with van der Waals surface area (Å²) in [7, 11) is 0. The molecule has 2 aromatic heterocycles. The number of nitrogens with zero attached hydrogens (tertiary/aromatic N) is 2. The van der Waals surface area contributed by atoms with Crippen molar-refractivity contribution in [1.29, 1.82) is 0 Å². The number of anilines is 1. The molecule has 0 bridgehead atoms. The van der Waals surface area contributed by atoms with Crippen LogP contribution < -0.4 is 5.32 Å². The summed E-state index contributed by atoms with van der Waals surface area (Å²) in [5.41, 5.74) is 2.30. The van der Waals surface area contributed by atoms with Crippen LogP contribution in [0.25, 0.3) is 11.6 Å². The molecule has 1 N–H and O–H groups in total. The fourth-order valence-corrected chi connectivity index (χ4v) is 3.30. The van der Waals surface area contributed by atoms with Crippen LogP contribution in [-0.2, 0) is 4.79 Å². The van der Waals surface area contributed by atoms with E-state index in [0.717, 1.165) is 20.9 Å². The van der Waals surface area contributed by atoms with E-state index in [0.29, 0.717) is 17.2 Å². The minimum atomic E-state index is -0.153. The highest BCUT2D eigenvalue weighted by atomic mass is 32.1. The van der Waals surface area contributed by atoms with Gasteiger partial charge < -0.3 is 5.32 Å². The monoisotopic (exact) mass is 343 g/mol. The summed E-state index contributed by atoms with van der Waals surface area (Å²) in [6.07, 6.45) is 3.54. The third kappa shape index (κ3) is 3.21. The molecule has 0 saturated heterocycles. The third-order valence-electron chi connectivity index (χ3n) is 3.69. The number of hydrogen-bond donors (Lipinski definition) is 1. The lowest BCUT2D eigenvalue weighted by atomic mass is 10.1. The molecule has 1 aromatic carbocycles. The van der Waals surface area contributed by atoms with Crippen LogP contribution in [0.1, 0.15) is 26.7 Å². The second-order valence-corrected chi connectivity index (χ2v) is 6.63. The number of benzene rings is 1. The van der Waals surface area contributed by atoms with Crippen LogP contribution in [0.2, 0.25) is 0 Å². The zero-order chi connectivity index (χ0) is 17.2. The van der Waals surface area contributed by atoms with Crippen molar-refractivity contribution < 1.29 is 4.79 Å². The maximum Gasteiger partial charge on any atom is 0.257 e. The number of carbonyl (C=O) groups is 1. The second-order valence-electron chi connectivity index (χ2n) is 5.51. The number of carbonyl (C=O) groups excluding carboxylic acids is 1. The average molecular weight is 343 g/mol. The van der Waals surface area contributed by atoms with Crippen LogP contribution >= 0.6 is 11.3 Å². The molecular weight excluding hydrogens is 330 g/mol. The Hall–Kier alpha value is -3.23. The molecule has 4 rings (SSSR count). The first-order valence-electron chi connectivity index (χ1n) is 7.73. The summed E-state index contributed by atoms with van der Waals surface area (Å²) >= 11 is 1.55. The molecule has 1 aliphatic rings.